The SMILES string of the molecule is Cc1cc(C)c(OCCNC(=O)Nc2ccc(F)cc2)cc1C. The predicted octanol–water partition coefficient (Wildman–Crippen LogP) is 3.95. The van der Waals surface area contributed by atoms with Crippen molar-refractivity contribution in [1.29, 1.82) is 0 Å². The highest BCUT2D eigenvalue weighted by Crippen LogP contribution is 2.22. The summed E-state index contributed by atoms with van der Waals surface area (Å²) in [4.78, 5) is 11.7. The molecule has 0 saturated heterocycles. The fourth-order valence-electron chi connectivity index (χ4n) is 2.12. The molecule has 2 aromatic carbocycles. The minimum absolute atomic E-state index is 0.340. The van der Waals surface area contributed by atoms with Crippen molar-refractivity contribution >= 4 is 11.7 Å². The smallest absolute Gasteiger partial charge is 0.319 e. The van der Waals surface area contributed by atoms with Crippen LogP contribution in [0.2, 0.25) is 0 Å². The molecule has 0 aliphatic rings. The van der Waals surface area contributed by atoms with Gasteiger partial charge in [0.25, 0.3) is 0 Å². The quantitative estimate of drug-likeness (QED) is 0.821. The average molecular weight is 316 g/mol. The summed E-state index contributed by atoms with van der Waals surface area (Å²) >= 11 is 0. The van der Waals surface area contributed by atoms with Crippen LogP contribution in [0.1, 0.15) is 16.7 Å². The van der Waals surface area contributed by atoms with Crippen LogP contribution in [0.25, 0.3) is 0 Å². The second kappa shape index (κ2) is 7.63. The third kappa shape index (κ3) is 4.98. The second-order valence-corrected chi connectivity index (χ2v) is 5.44. The Morgan fingerprint density at radius 2 is 1.70 bits per heavy atom. The lowest BCUT2D eigenvalue weighted by atomic mass is 10.1. The second-order valence-electron chi connectivity index (χ2n) is 5.44. The van der Waals surface area contributed by atoms with Crippen molar-refractivity contribution in [3.8, 4) is 5.75 Å². The summed E-state index contributed by atoms with van der Waals surface area (Å²) in [5.74, 6) is 0.488. The Morgan fingerprint density at radius 1 is 1.04 bits per heavy atom. The Morgan fingerprint density at radius 3 is 2.39 bits per heavy atom. The van der Waals surface area contributed by atoms with E-state index in [2.05, 4.69) is 23.6 Å². The summed E-state index contributed by atoms with van der Waals surface area (Å²) in [6, 6.07) is 9.33. The van der Waals surface area contributed by atoms with Gasteiger partial charge >= 0.3 is 6.03 Å². The maximum absolute atomic E-state index is 12.8. The van der Waals surface area contributed by atoms with E-state index in [1.807, 2.05) is 19.9 Å². The van der Waals surface area contributed by atoms with Crippen molar-refractivity contribution < 1.29 is 13.9 Å². The van der Waals surface area contributed by atoms with Gasteiger partial charge in [-0.1, -0.05) is 6.07 Å². The first kappa shape index (κ1) is 16.8. The molecule has 23 heavy (non-hydrogen) atoms. The molecule has 0 unspecified atom stereocenters. The predicted molar refractivity (Wildman–Crippen MR) is 89.6 cm³/mol. The molecule has 0 saturated carbocycles. The minimum atomic E-state index is -0.350. The number of hydrogen-bond donors (Lipinski definition) is 2. The zero-order valence-electron chi connectivity index (χ0n) is 13.6. The standard InChI is InChI=1S/C18H21FN2O2/c1-12-10-14(3)17(11-13(12)2)23-9-8-20-18(22)21-16-6-4-15(19)5-7-16/h4-7,10-11H,8-9H2,1-3H3,(H2,20,21,22). The first-order valence-corrected chi connectivity index (χ1v) is 7.47. The normalized spacial score (nSPS) is 10.3. The molecule has 4 nitrogen and oxygen atoms in total. The summed E-state index contributed by atoms with van der Waals surface area (Å²) in [7, 11) is 0. The summed E-state index contributed by atoms with van der Waals surface area (Å²) in [5, 5.41) is 5.32. The Kier molecular flexibility index (Phi) is 5.57. The van der Waals surface area contributed by atoms with Gasteiger partial charge in [0.1, 0.15) is 18.2 Å². The Hall–Kier alpha value is -2.56. The Bertz CT molecular complexity index is 684. The van der Waals surface area contributed by atoms with Gasteiger partial charge in [-0.3, -0.25) is 0 Å². The number of rotatable bonds is 5. The monoisotopic (exact) mass is 316 g/mol. The van der Waals surface area contributed by atoms with Crippen molar-refractivity contribution in [2.75, 3.05) is 18.5 Å². The van der Waals surface area contributed by atoms with E-state index in [-0.39, 0.29) is 11.8 Å². The van der Waals surface area contributed by atoms with Crippen LogP contribution in [-0.2, 0) is 0 Å². The van der Waals surface area contributed by atoms with E-state index in [1.165, 1.54) is 35.4 Å². The van der Waals surface area contributed by atoms with Crippen LogP contribution >= 0.6 is 0 Å². The number of carbonyl (C=O) groups is 1. The molecule has 0 heterocycles. The van der Waals surface area contributed by atoms with Crippen LogP contribution in [0.5, 0.6) is 5.75 Å². The fourth-order valence-corrected chi connectivity index (χ4v) is 2.12. The van der Waals surface area contributed by atoms with Crippen LogP contribution < -0.4 is 15.4 Å². The highest BCUT2D eigenvalue weighted by molar-refractivity contribution is 5.89. The van der Waals surface area contributed by atoms with Gasteiger partial charge in [0.15, 0.2) is 0 Å². The van der Waals surface area contributed by atoms with Crippen LogP contribution in [0.3, 0.4) is 0 Å². The summed E-state index contributed by atoms with van der Waals surface area (Å²) in [6.45, 7) is 6.85. The number of ether oxygens (including phenoxy) is 1. The number of benzene rings is 2. The van der Waals surface area contributed by atoms with Gasteiger partial charge in [0.2, 0.25) is 0 Å². The highest BCUT2D eigenvalue weighted by Gasteiger charge is 2.04. The molecule has 2 aromatic rings. The molecule has 2 N–H and O–H groups in total. The number of nitrogens with one attached hydrogen (secondary N) is 2. The lowest BCUT2D eigenvalue weighted by molar-refractivity contribution is 0.247. The largest absolute Gasteiger partial charge is 0.491 e. The molecule has 0 bridgehead atoms. The first-order valence-electron chi connectivity index (χ1n) is 7.47. The van der Waals surface area contributed by atoms with E-state index in [1.54, 1.807) is 0 Å². The third-order valence-electron chi connectivity index (χ3n) is 3.54. The maximum Gasteiger partial charge on any atom is 0.319 e. The molecule has 0 aliphatic carbocycles. The molecule has 2 rings (SSSR count). The van der Waals surface area contributed by atoms with Crippen molar-refractivity contribution in [1.82, 2.24) is 5.32 Å². The lowest BCUT2D eigenvalue weighted by Gasteiger charge is -2.12. The van der Waals surface area contributed by atoms with E-state index >= 15 is 0 Å². The van der Waals surface area contributed by atoms with E-state index in [4.69, 9.17) is 4.74 Å². The number of aryl methyl sites for hydroxylation is 3. The molecule has 5 heteroatoms. The zero-order valence-corrected chi connectivity index (χ0v) is 13.6. The number of hydrogen-bond acceptors (Lipinski definition) is 2. The van der Waals surface area contributed by atoms with Crippen molar-refractivity contribution in [3.63, 3.8) is 0 Å². The van der Waals surface area contributed by atoms with Gasteiger partial charge < -0.3 is 15.4 Å². The molecular formula is C18H21FN2O2. The summed E-state index contributed by atoms with van der Waals surface area (Å²) in [6.07, 6.45) is 0. The molecule has 0 radical (unpaired) electrons. The first-order chi connectivity index (χ1) is 11.0. The highest BCUT2D eigenvalue weighted by atomic mass is 19.1. The molecular weight excluding hydrogens is 295 g/mol. The summed E-state index contributed by atoms with van der Waals surface area (Å²) in [5.41, 5.74) is 4.01. The summed E-state index contributed by atoms with van der Waals surface area (Å²) < 4.78 is 18.5. The van der Waals surface area contributed by atoms with Crippen LogP contribution in [0.4, 0.5) is 14.9 Å². The number of carbonyl (C=O) groups excluding carboxylic acids is 1. The molecule has 122 valence electrons. The third-order valence-corrected chi connectivity index (χ3v) is 3.54. The average Bonchev–Trinajstić information content (AvgIpc) is 2.51. The van der Waals surface area contributed by atoms with Crippen molar-refractivity contribution in [2.24, 2.45) is 0 Å². The van der Waals surface area contributed by atoms with Crippen LogP contribution in [0, 0.1) is 26.6 Å². The Balaban J connectivity index is 1.76. The van der Waals surface area contributed by atoms with Crippen LogP contribution in [-0.4, -0.2) is 19.2 Å². The van der Waals surface area contributed by atoms with Crippen molar-refractivity contribution in [3.05, 3.63) is 58.9 Å². The number of halogens is 1. The van der Waals surface area contributed by atoms with E-state index in [0.29, 0.717) is 18.8 Å². The fraction of sp³-hybridized carbons (Fsp3) is 0.278. The molecule has 0 atom stereocenters. The molecule has 0 aromatic heterocycles. The van der Waals surface area contributed by atoms with Gasteiger partial charge in [-0.2, -0.15) is 0 Å². The van der Waals surface area contributed by atoms with E-state index in [0.717, 1.165) is 11.3 Å². The lowest BCUT2D eigenvalue weighted by Crippen LogP contribution is -2.32. The van der Waals surface area contributed by atoms with Crippen molar-refractivity contribution in [2.45, 2.75) is 20.8 Å². The molecule has 0 fully saturated rings. The van der Waals surface area contributed by atoms with Gasteiger partial charge in [0.05, 0.1) is 6.54 Å². The van der Waals surface area contributed by atoms with Gasteiger partial charge in [-0.05, 0) is 67.8 Å². The van der Waals surface area contributed by atoms with E-state index in [9.17, 15) is 9.18 Å². The van der Waals surface area contributed by atoms with Crippen LogP contribution in [0.15, 0.2) is 36.4 Å². The van der Waals surface area contributed by atoms with E-state index < -0.39 is 0 Å². The van der Waals surface area contributed by atoms with Gasteiger partial charge in [0, 0.05) is 5.69 Å². The topological polar surface area (TPSA) is 50.4 Å². The molecule has 0 aliphatic heterocycles. The number of urea groups is 1. The number of amides is 2. The minimum Gasteiger partial charge on any atom is -0.491 e. The number of anilines is 1. The van der Waals surface area contributed by atoms with Gasteiger partial charge in [-0.15, -0.1) is 0 Å². The van der Waals surface area contributed by atoms with Gasteiger partial charge in [-0.25, -0.2) is 9.18 Å². The maximum atomic E-state index is 12.8. The molecule has 2 amide bonds. The Labute approximate surface area is 135 Å². The zero-order chi connectivity index (χ0) is 16.8. The molecule has 0 spiro atoms.